The predicted octanol–water partition coefficient (Wildman–Crippen LogP) is 10.9. The second kappa shape index (κ2) is 45.4. The third kappa shape index (κ3) is 34.2. The topological polar surface area (TPSA) is 215 Å². The predicted molar refractivity (Wildman–Crippen MR) is 293 cm³/mol. The molecule has 1 fully saturated rings. The molecule has 400 valence electrons. The molecular formula is C54H88FN7O8S. The lowest BCUT2D eigenvalue weighted by Crippen LogP contribution is -2.39. The number of carbonyl (C=O) groups excluding carboxylic acids is 4. The number of nitrogens with two attached hydrogens (primary N) is 1. The van der Waals surface area contributed by atoms with Gasteiger partial charge in [-0.25, -0.2) is 9.37 Å². The first-order valence-corrected chi connectivity index (χ1v) is 25.3. The first-order chi connectivity index (χ1) is 33.9. The average molecular weight is 1010 g/mol. The standard InChI is InChI=1S/C19H25N3O2S.C12H16FNO.C10H20.C8H14N2O2.C2H4O2.C2H6.CH3NO/c1-6-14(11-23-4)17-8-7-16(24-5)9-18(17)20-10-15-12-25-19(22-15)21-13(2)3;1-8(2)11(14-3)12(15)9-4-6-10(13)7-5-9;1-3-5-7-9-10-8-6-4-2;1-7-3-2-4-10(7)8(12)5-9-6-11;1-2(3)4;1-2;2-1-3/h6-10,12-13H,11H2,1-5H3,(H,21,22);4-8,11,14H,1-3H3;7,9H,3-6,8,10H2,1-2H3;6-7H,2-5H2,1H3,(H,9,11);1H3,(H,3,4);1-2H3;1H,(H2,2,3)/b14-6-,20-10?;;9-7-;;;;/t;;;7-;;;/m...1.../s1. The SMILES string of the molecule is C/C=C(/COC)c1ccc(OC)cc1N=Cc1csc(NC(C)C)n1.CC.CC(=O)O.CCC/C=C\CCCCC.CNC(C(=O)c1ccc(F)cc1)C(C)C.C[C@@H]1CCCN1C(=O)CNC=O.NC=O. The molecule has 2 aromatic carbocycles. The second-order valence-electron chi connectivity index (χ2n) is 16.1. The largest absolute Gasteiger partial charge is 0.497 e. The molecule has 1 aliphatic rings. The Morgan fingerprint density at radius 3 is 2.11 bits per heavy atom. The molecule has 1 unspecified atom stereocenters. The zero-order valence-electron chi connectivity index (χ0n) is 45.2. The van der Waals surface area contributed by atoms with Gasteiger partial charge in [0.1, 0.15) is 11.6 Å². The Kier molecular flexibility index (Phi) is 44.4. The molecular weight excluding hydrogens is 926 g/mol. The summed E-state index contributed by atoms with van der Waals surface area (Å²) in [5.41, 5.74) is 8.48. The molecule has 3 aromatic rings. The third-order valence-corrected chi connectivity index (χ3v) is 10.5. The van der Waals surface area contributed by atoms with E-state index in [2.05, 4.69) is 71.5 Å². The van der Waals surface area contributed by atoms with Gasteiger partial charge in [0.2, 0.25) is 18.7 Å². The van der Waals surface area contributed by atoms with Crippen LogP contribution in [0.2, 0.25) is 0 Å². The van der Waals surface area contributed by atoms with E-state index in [1.165, 1.54) is 62.8 Å². The number of likely N-dealkylation sites (N-methyl/N-ethyl adjacent to an activating group) is 1. The number of anilines is 1. The summed E-state index contributed by atoms with van der Waals surface area (Å²) in [5, 5.41) is 18.9. The van der Waals surface area contributed by atoms with E-state index in [0.29, 0.717) is 30.7 Å². The number of ketones is 1. The summed E-state index contributed by atoms with van der Waals surface area (Å²) in [5.74, 6) is -0.145. The zero-order valence-corrected chi connectivity index (χ0v) is 46.0. The molecule has 0 spiro atoms. The number of hydrogen-bond acceptors (Lipinski definition) is 12. The van der Waals surface area contributed by atoms with Gasteiger partial charge in [-0.1, -0.05) is 79.0 Å². The molecule has 6 N–H and O–H groups in total. The van der Waals surface area contributed by atoms with Crippen molar-refractivity contribution in [1.29, 1.82) is 0 Å². The van der Waals surface area contributed by atoms with Crippen LogP contribution >= 0.6 is 11.3 Å². The molecule has 2 atom stereocenters. The van der Waals surface area contributed by atoms with Crippen molar-refractivity contribution < 1.29 is 42.9 Å². The molecule has 1 aromatic heterocycles. The number of hydrogen-bond donors (Lipinski definition) is 5. The van der Waals surface area contributed by atoms with Gasteiger partial charge in [0.25, 0.3) is 5.97 Å². The molecule has 3 amide bonds. The van der Waals surface area contributed by atoms with Crippen LogP contribution in [0.1, 0.15) is 149 Å². The number of methoxy groups -OCH3 is 2. The first kappa shape index (κ1) is 69.5. The number of carboxylic acid groups (broad SMARTS) is 1. The van der Waals surface area contributed by atoms with Gasteiger partial charge in [0, 0.05) is 55.2 Å². The van der Waals surface area contributed by atoms with Crippen LogP contribution in [0.15, 0.2) is 71.1 Å². The number of Topliss-reactive ketones (excluding diaryl/α,β-unsaturated/α-hetero) is 1. The van der Waals surface area contributed by atoms with Gasteiger partial charge in [-0.05, 0) is 115 Å². The van der Waals surface area contributed by atoms with Crippen molar-refractivity contribution in [2.75, 3.05) is 46.3 Å². The Hall–Kier alpha value is -5.78. The van der Waals surface area contributed by atoms with E-state index < -0.39 is 5.97 Å². The van der Waals surface area contributed by atoms with Crippen LogP contribution in [0.3, 0.4) is 0 Å². The van der Waals surface area contributed by atoms with E-state index in [9.17, 15) is 18.8 Å². The summed E-state index contributed by atoms with van der Waals surface area (Å²) in [6, 6.07) is 12.0. The van der Waals surface area contributed by atoms with Crippen molar-refractivity contribution in [3.63, 3.8) is 0 Å². The van der Waals surface area contributed by atoms with Crippen LogP contribution in [0.25, 0.3) is 5.57 Å². The Balaban J connectivity index is -0.000000865. The molecule has 1 aliphatic heterocycles. The molecule has 17 heteroatoms. The lowest BCUT2D eigenvalue weighted by atomic mass is 9.95. The number of amides is 3. The fraction of sp³-hybridized carbons (Fsp3) is 0.537. The normalized spacial score (nSPS) is 12.9. The maximum atomic E-state index is 12.7. The van der Waals surface area contributed by atoms with Gasteiger partial charge in [0.05, 0.1) is 43.9 Å². The Bertz CT molecular complexity index is 1950. The number of likely N-dealkylation sites (tertiary alicyclic amines) is 1. The number of aromatic nitrogens is 1. The minimum absolute atomic E-state index is 0.00694. The molecule has 0 saturated carbocycles. The highest BCUT2D eigenvalue weighted by molar-refractivity contribution is 7.13. The van der Waals surface area contributed by atoms with E-state index in [1.54, 1.807) is 38.8 Å². The number of primary amides is 1. The van der Waals surface area contributed by atoms with Gasteiger partial charge < -0.3 is 41.2 Å². The number of benzene rings is 2. The van der Waals surface area contributed by atoms with Crippen molar-refractivity contribution >= 4 is 64.4 Å². The van der Waals surface area contributed by atoms with Crippen LogP contribution in [-0.4, -0.2) is 111 Å². The van der Waals surface area contributed by atoms with E-state index in [4.69, 9.17) is 24.2 Å². The van der Waals surface area contributed by atoms with Crippen molar-refractivity contribution in [3.8, 4) is 5.75 Å². The molecule has 1 saturated heterocycles. The van der Waals surface area contributed by atoms with Crippen molar-refractivity contribution in [3.05, 3.63) is 88.7 Å². The highest BCUT2D eigenvalue weighted by Crippen LogP contribution is 2.31. The molecule has 15 nitrogen and oxygen atoms in total. The number of halogens is 1. The summed E-state index contributed by atoms with van der Waals surface area (Å²) in [7, 11) is 5.10. The number of aliphatic imine (C=N–C) groups is 1. The molecule has 0 radical (unpaired) electrons. The first-order valence-electron chi connectivity index (χ1n) is 24.5. The molecule has 0 aliphatic carbocycles. The Morgan fingerprint density at radius 2 is 1.63 bits per heavy atom. The maximum absolute atomic E-state index is 12.7. The number of allylic oxidation sites excluding steroid dienone is 3. The fourth-order valence-electron chi connectivity index (χ4n) is 6.29. The Morgan fingerprint density at radius 1 is 1.01 bits per heavy atom. The summed E-state index contributed by atoms with van der Waals surface area (Å²) in [6.07, 6.45) is 19.3. The van der Waals surface area contributed by atoms with E-state index >= 15 is 0 Å². The molecule has 0 bridgehead atoms. The summed E-state index contributed by atoms with van der Waals surface area (Å²) < 4.78 is 23.3. The zero-order chi connectivity index (χ0) is 54.6. The quantitative estimate of drug-likeness (QED) is 0.0222. The van der Waals surface area contributed by atoms with E-state index in [1.807, 2.05) is 76.1 Å². The smallest absolute Gasteiger partial charge is 0.300 e. The number of ether oxygens (including phenoxy) is 2. The number of rotatable bonds is 21. The van der Waals surface area contributed by atoms with Gasteiger partial charge in [-0.3, -0.25) is 29.0 Å². The highest BCUT2D eigenvalue weighted by atomic mass is 32.1. The van der Waals surface area contributed by atoms with Crippen LogP contribution in [0, 0.1) is 11.7 Å². The minimum atomic E-state index is -0.833. The van der Waals surface area contributed by atoms with Crippen molar-refractivity contribution in [1.82, 2.24) is 20.5 Å². The monoisotopic (exact) mass is 1010 g/mol. The fourth-order valence-corrected chi connectivity index (χ4v) is 7.10. The number of carbonyl (C=O) groups is 5. The summed E-state index contributed by atoms with van der Waals surface area (Å²) in [4.78, 5) is 61.8. The van der Waals surface area contributed by atoms with Crippen LogP contribution in [0.4, 0.5) is 15.2 Å². The molecule has 71 heavy (non-hydrogen) atoms. The lowest BCUT2D eigenvalue weighted by molar-refractivity contribution is -0.134. The van der Waals surface area contributed by atoms with Crippen molar-refractivity contribution in [2.45, 2.75) is 146 Å². The summed E-state index contributed by atoms with van der Waals surface area (Å²) >= 11 is 1.57. The number of nitrogens with one attached hydrogen (secondary N) is 3. The summed E-state index contributed by atoms with van der Waals surface area (Å²) in [6.45, 7) is 23.2. The number of unbranched alkanes of at least 4 members (excludes halogenated alkanes) is 4. The minimum Gasteiger partial charge on any atom is -0.497 e. The van der Waals surface area contributed by atoms with Gasteiger partial charge in [-0.15, -0.1) is 11.3 Å². The van der Waals surface area contributed by atoms with Crippen LogP contribution in [0.5, 0.6) is 5.75 Å². The van der Waals surface area contributed by atoms with Gasteiger partial charge >= 0.3 is 0 Å². The highest BCUT2D eigenvalue weighted by Gasteiger charge is 2.24. The number of thiazole rings is 1. The molecule has 2 heterocycles. The van der Waals surface area contributed by atoms with E-state index in [0.717, 1.165) is 59.7 Å². The Labute approximate surface area is 429 Å². The van der Waals surface area contributed by atoms with Crippen LogP contribution in [-0.2, 0) is 23.9 Å². The maximum Gasteiger partial charge on any atom is 0.300 e. The average Bonchev–Trinajstić information content (AvgIpc) is 4.00. The van der Waals surface area contributed by atoms with Gasteiger partial charge in [0.15, 0.2) is 10.9 Å². The molecule has 4 rings (SSSR count). The lowest BCUT2D eigenvalue weighted by Gasteiger charge is -2.20. The van der Waals surface area contributed by atoms with Crippen LogP contribution < -0.4 is 26.4 Å². The second-order valence-corrected chi connectivity index (χ2v) is 17.0. The number of nitrogens with zero attached hydrogens (tertiary/aromatic N) is 3. The van der Waals surface area contributed by atoms with Crippen molar-refractivity contribution in [2.24, 2.45) is 16.6 Å². The third-order valence-electron chi connectivity index (χ3n) is 9.66. The van der Waals surface area contributed by atoms with Gasteiger partial charge in [-0.2, -0.15) is 0 Å². The number of aliphatic carboxylic acids is 1. The van der Waals surface area contributed by atoms with E-state index in [-0.39, 0.29) is 42.4 Å². The number of carboxylic acids is 1.